The highest BCUT2D eigenvalue weighted by Gasteiger charge is 2.16. The molecular formula is C42H29NS. The van der Waals surface area contributed by atoms with Crippen LogP contribution in [0.5, 0.6) is 0 Å². The molecule has 208 valence electrons. The first kappa shape index (κ1) is 26.2. The van der Waals surface area contributed by atoms with Crippen LogP contribution in [-0.2, 0) is 0 Å². The van der Waals surface area contributed by atoms with Crippen molar-refractivity contribution in [3.05, 3.63) is 176 Å². The second kappa shape index (κ2) is 11.3. The molecule has 8 rings (SSSR count). The second-order valence-corrected chi connectivity index (χ2v) is 12.0. The van der Waals surface area contributed by atoms with E-state index < -0.39 is 0 Å². The summed E-state index contributed by atoms with van der Waals surface area (Å²) in [6.45, 7) is 0. The second-order valence-electron chi connectivity index (χ2n) is 11.0. The molecule has 2 heteroatoms. The van der Waals surface area contributed by atoms with E-state index in [1.54, 1.807) is 0 Å². The van der Waals surface area contributed by atoms with Crippen molar-refractivity contribution < 1.29 is 0 Å². The molecule has 0 N–H and O–H groups in total. The molecule has 0 amide bonds. The molecule has 0 saturated carbocycles. The molecule has 1 heterocycles. The van der Waals surface area contributed by atoms with Crippen LogP contribution < -0.4 is 4.90 Å². The maximum Gasteiger partial charge on any atom is 0.0467 e. The van der Waals surface area contributed by atoms with Gasteiger partial charge >= 0.3 is 0 Å². The van der Waals surface area contributed by atoms with E-state index in [0.717, 1.165) is 17.1 Å². The summed E-state index contributed by atoms with van der Waals surface area (Å²) in [5, 5.41) is 2.62. The monoisotopic (exact) mass is 579 g/mol. The molecule has 44 heavy (non-hydrogen) atoms. The van der Waals surface area contributed by atoms with Gasteiger partial charge < -0.3 is 4.90 Å². The Morgan fingerprint density at radius 3 is 1.41 bits per heavy atom. The largest absolute Gasteiger partial charge is 0.310 e. The predicted molar refractivity (Wildman–Crippen MR) is 190 cm³/mol. The minimum Gasteiger partial charge on any atom is -0.310 e. The van der Waals surface area contributed by atoms with Crippen molar-refractivity contribution in [3.8, 4) is 33.4 Å². The lowest BCUT2D eigenvalue weighted by Gasteiger charge is -2.26. The van der Waals surface area contributed by atoms with Crippen molar-refractivity contribution >= 4 is 48.6 Å². The average Bonchev–Trinajstić information content (AvgIpc) is 3.49. The number of nitrogens with zero attached hydrogens (tertiary/aromatic N) is 1. The highest BCUT2D eigenvalue weighted by atomic mass is 32.1. The van der Waals surface area contributed by atoms with Gasteiger partial charge in [0.2, 0.25) is 0 Å². The van der Waals surface area contributed by atoms with Gasteiger partial charge in [0.1, 0.15) is 0 Å². The molecule has 0 saturated heterocycles. The Balaban J connectivity index is 1.25. The van der Waals surface area contributed by atoms with E-state index in [1.165, 1.54) is 53.6 Å². The fourth-order valence-electron chi connectivity index (χ4n) is 6.16. The van der Waals surface area contributed by atoms with E-state index in [4.69, 9.17) is 0 Å². The van der Waals surface area contributed by atoms with Gasteiger partial charge in [0.05, 0.1) is 0 Å². The van der Waals surface area contributed by atoms with Gasteiger partial charge in [-0.1, -0.05) is 140 Å². The number of fused-ring (bicyclic) bond motifs is 3. The Kier molecular flexibility index (Phi) is 6.75. The van der Waals surface area contributed by atoms with Gasteiger partial charge in [0, 0.05) is 37.2 Å². The van der Waals surface area contributed by atoms with E-state index in [0.29, 0.717) is 0 Å². The summed E-state index contributed by atoms with van der Waals surface area (Å²) in [7, 11) is 0. The summed E-state index contributed by atoms with van der Waals surface area (Å²) in [5.74, 6) is 0. The minimum atomic E-state index is 1.13. The highest BCUT2D eigenvalue weighted by Crippen LogP contribution is 2.45. The molecule has 0 fully saturated rings. The lowest BCUT2D eigenvalue weighted by atomic mass is 9.99. The lowest BCUT2D eigenvalue weighted by molar-refractivity contribution is 1.28. The third-order valence-electron chi connectivity index (χ3n) is 8.27. The van der Waals surface area contributed by atoms with Gasteiger partial charge in [-0.05, 0) is 69.8 Å². The number of hydrogen-bond donors (Lipinski definition) is 0. The zero-order chi connectivity index (χ0) is 29.3. The molecule has 0 aliphatic heterocycles. The topological polar surface area (TPSA) is 3.24 Å². The Bertz CT molecular complexity index is 2200. The smallest absolute Gasteiger partial charge is 0.0467 e. The number of hydrogen-bond acceptors (Lipinski definition) is 2. The first-order valence-corrected chi connectivity index (χ1v) is 15.8. The molecule has 0 atom stereocenters. The van der Waals surface area contributed by atoms with Crippen LogP contribution in [0, 0.1) is 0 Å². The standard InChI is InChI=1S/C42H29NS/c1-4-13-30(14-5-1)31-25-27-35(28-26-31)43(34-18-8-3-9-19-34)36-20-10-17-33(29-36)38-22-12-24-40-39-23-11-21-37(41(39)44-42(38)40)32-15-6-2-7-16-32/h1-29H. The van der Waals surface area contributed by atoms with Crippen LogP contribution in [-0.4, -0.2) is 0 Å². The van der Waals surface area contributed by atoms with Gasteiger partial charge in [-0.2, -0.15) is 0 Å². The first-order valence-electron chi connectivity index (χ1n) is 14.9. The first-order chi connectivity index (χ1) is 21.8. The third kappa shape index (κ3) is 4.76. The zero-order valence-corrected chi connectivity index (χ0v) is 24.9. The molecular weight excluding hydrogens is 551 g/mol. The molecule has 0 bridgehead atoms. The van der Waals surface area contributed by atoms with Crippen molar-refractivity contribution in [1.82, 2.24) is 0 Å². The van der Waals surface area contributed by atoms with Crippen molar-refractivity contribution in [1.29, 1.82) is 0 Å². The van der Waals surface area contributed by atoms with Crippen LogP contribution >= 0.6 is 11.3 Å². The minimum absolute atomic E-state index is 1.13. The van der Waals surface area contributed by atoms with Crippen LogP contribution in [0.2, 0.25) is 0 Å². The van der Waals surface area contributed by atoms with Crippen LogP contribution in [0.3, 0.4) is 0 Å². The summed E-state index contributed by atoms with van der Waals surface area (Å²) in [5.41, 5.74) is 10.8. The van der Waals surface area contributed by atoms with E-state index in [2.05, 4.69) is 181 Å². The van der Waals surface area contributed by atoms with Crippen molar-refractivity contribution in [3.63, 3.8) is 0 Å². The normalized spacial score (nSPS) is 11.2. The number of anilines is 3. The van der Waals surface area contributed by atoms with Crippen LogP contribution in [0.1, 0.15) is 0 Å². The number of rotatable bonds is 6. The Hall–Kier alpha value is -5.44. The summed E-state index contributed by atoms with van der Waals surface area (Å²) < 4.78 is 2.66. The Morgan fingerprint density at radius 1 is 0.318 bits per heavy atom. The van der Waals surface area contributed by atoms with E-state index in [-0.39, 0.29) is 0 Å². The summed E-state index contributed by atoms with van der Waals surface area (Å²) in [6, 6.07) is 63.1. The number of thiophene rings is 1. The van der Waals surface area contributed by atoms with Crippen molar-refractivity contribution in [2.24, 2.45) is 0 Å². The highest BCUT2D eigenvalue weighted by molar-refractivity contribution is 7.26. The van der Waals surface area contributed by atoms with Crippen LogP contribution in [0.25, 0.3) is 53.6 Å². The van der Waals surface area contributed by atoms with Crippen LogP contribution in [0.4, 0.5) is 17.1 Å². The average molecular weight is 580 g/mol. The summed E-state index contributed by atoms with van der Waals surface area (Å²) in [6.07, 6.45) is 0. The van der Waals surface area contributed by atoms with E-state index in [1.807, 2.05) is 11.3 Å². The lowest BCUT2D eigenvalue weighted by Crippen LogP contribution is -2.09. The zero-order valence-electron chi connectivity index (χ0n) is 24.1. The summed E-state index contributed by atoms with van der Waals surface area (Å²) >= 11 is 1.90. The molecule has 1 aromatic heterocycles. The third-order valence-corrected chi connectivity index (χ3v) is 9.56. The Labute approximate surface area is 261 Å². The summed E-state index contributed by atoms with van der Waals surface area (Å²) in [4.78, 5) is 2.34. The number of benzene rings is 7. The number of para-hydroxylation sites is 1. The molecule has 0 aliphatic rings. The van der Waals surface area contributed by atoms with Gasteiger partial charge in [-0.25, -0.2) is 0 Å². The van der Waals surface area contributed by atoms with Crippen molar-refractivity contribution in [2.45, 2.75) is 0 Å². The maximum atomic E-state index is 2.34. The molecule has 1 nitrogen and oxygen atoms in total. The molecule has 8 aromatic rings. The van der Waals surface area contributed by atoms with Crippen molar-refractivity contribution in [2.75, 3.05) is 4.90 Å². The van der Waals surface area contributed by atoms with E-state index >= 15 is 0 Å². The van der Waals surface area contributed by atoms with Gasteiger partial charge in [0.25, 0.3) is 0 Å². The fourth-order valence-corrected chi connectivity index (χ4v) is 7.53. The molecule has 0 unspecified atom stereocenters. The molecule has 7 aromatic carbocycles. The van der Waals surface area contributed by atoms with E-state index in [9.17, 15) is 0 Å². The Morgan fingerprint density at radius 2 is 0.773 bits per heavy atom. The SMILES string of the molecule is c1ccc(-c2ccc(N(c3ccccc3)c3cccc(-c4cccc5c4sc4c(-c6ccccc6)cccc45)c3)cc2)cc1. The maximum absolute atomic E-state index is 2.34. The molecule has 0 aliphatic carbocycles. The molecule has 0 spiro atoms. The predicted octanol–water partition coefficient (Wildman–Crippen LogP) is 12.5. The fraction of sp³-hybridized carbons (Fsp3) is 0. The van der Waals surface area contributed by atoms with Gasteiger partial charge in [-0.3, -0.25) is 0 Å². The molecule has 0 radical (unpaired) electrons. The van der Waals surface area contributed by atoms with Gasteiger partial charge in [-0.15, -0.1) is 11.3 Å². The quantitative estimate of drug-likeness (QED) is 0.189. The van der Waals surface area contributed by atoms with Gasteiger partial charge in [0.15, 0.2) is 0 Å². The van der Waals surface area contributed by atoms with Crippen LogP contribution in [0.15, 0.2) is 176 Å².